The zero-order valence-electron chi connectivity index (χ0n) is 17.0. The van der Waals surface area contributed by atoms with Gasteiger partial charge < -0.3 is 9.47 Å². The van der Waals surface area contributed by atoms with Crippen LogP contribution in [0.2, 0.25) is 0 Å². The standard InChI is InChI=1S/C26H26O4/c27-25(22-12-10-21(11-13-22)19-6-2-1-3-7-19)17-30-26(28)18-29-24-15-14-20-8-4-5-9-23(20)16-24/h4-5,8-16,19H,1-3,6-7,17-18H2. The lowest BCUT2D eigenvalue weighted by molar-refractivity contribution is -0.144. The molecule has 4 heteroatoms. The molecule has 0 aliphatic heterocycles. The van der Waals surface area contributed by atoms with Crippen LogP contribution < -0.4 is 4.74 Å². The van der Waals surface area contributed by atoms with Crippen molar-refractivity contribution >= 4 is 22.5 Å². The Labute approximate surface area is 176 Å². The van der Waals surface area contributed by atoms with Gasteiger partial charge in [0.2, 0.25) is 0 Å². The number of carbonyl (C=O) groups is 2. The Hall–Kier alpha value is -3.14. The SMILES string of the molecule is O=C(COc1ccc2ccccc2c1)OCC(=O)c1ccc(C2CCCCC2)cc1. The molecule has 0 aromatic heterocycles. The zero-order chi connectivity index (χ0) is 20.8. The molecule has 4 nitrogen and oxygen atoms in total. The van der Waals surface area contributed by atoms with E-state index in [-0.39, 0.29) is 19.0 Å². The number of fused-ring (bicyclic) bond motifs is 1. The van der Waals surface area contributed by atoms with E-state index >= 15 is 0 Å². The Kier molecular flexibility index (Phi) is 6.43. The number of carbonyl (C=O) groups excluding carboxylic acids is 2. The van der Waals surface area contributed by atoms with Crippen molar-refractivity contribution in [2.24, 2.45) is 0 Å². The lowest BCUT2D eigenvalue weighted by Crippen LogP contribution is -2.19. The highest BCUT2D eigenvalue weighted by molar-refractivity contribution is 5.98. The monoisotopic (exact) mass is 402 g/mol. The van der Waals surface area contributed by atoms with Gasteiger partial charge in [0, 0.05) is 5.56 Å². The van der Waals surface area contributed by atoms with E-state index in [9.17, 15) is 9.59 Å². The van der Waals surface area contributed by atoms with Gasteiger partial charge in [-0.2, -0.15) is 0 Å². The molecule has 0 spiro atoms. The van der Waals surface area contributed by atoms with Crippen LogP contribution in [0.5, 0.6) is 5.75 Å². The van der Waals surface area contributed by atoms with E-state index < -0.39 is 5.97 Å². The molecule has 1 fully saturated rings. The van der Waals surface area contributed by atoms with Crippen molar-refractivity contribution < 1.29 is 19.1 Å². The van der Waals surface area contributed by atoms with Crippen molar-refractivity contribution in [2.45, 2.75) is 38.0 Å². The molecule has 0 saturated heterocycles. The minimum atomic E-state index is -0.560. The highest BCUT2D eigenvalue weighted by Gasteiger charge is 2.16. The van der Waals surface area contributed by atoms with Crippen molar-refractivity contribution in [3.05, 3.63) is 77.9 Å². The van der Waals surface area contributed by atoms with Crippen LogP contribution >= 0.6 is 0 Å². The summed E-state index contributed by atoms with van der Waals surface area (Å²) in [6.45, 7) is -0.505. The lowest BCUT2D eigenvalue weighted by atomic mass is 9.84. The Morgan fingerprint density at radius 2 is 1.53 bits per heavy atom. The van der Waals surface area contributed by atoms with E-state index in [2.05, 4.69) is 0 Å². The van der Waals surface area contributed by atoms with Crippen LogP contribution in [0.3, 0.4) is 0 Å². The Balaban J connectivity index is 1.25. The second-order valence-corrected chi connectivity index (χ2v) is 7.84. The molecule has 0 bridgehead atoms. The Morgan fingerprint density at radius 3 is 2.30 bits per heavy atom. The summed E-state index contributed by atoms with van der Waals surface area (Å²) in [6.07, 6.45) is 6.33. The fraction of sp³-hybridized carbons (Fsp3) is 0.308. The first-order valence-electron chi connectivity index (χ1n) is 10.6. The first-order chi connectivity index (χ1) is 14.7. The minimum absolute atomic E-state index is 0.204. The molecule has 1 saturated carbocycles. The van der Waals surface area contributed by atoms with Crippen molar-refractivity contribution in [2.75, 3.05) is 13.2 Å². The molecule has 0 N–H and O–H groups in total. The smallest absolute Gasteiger partial charge is 0.344 e. The highest BCUT2D eigenvalue weighted by Crippen LogP contribution is 2.32. The number of rotatable bonds is 7. The quantitative estimate of drug-likeness (QED) is 0.376. The van der Waals surface area contributed by atoms with E-state index in [1.807, 2.05) is 66.7 Å². The number of benzene rings is 3. The molecule has 4 rings (SSSR count). The topological polar surface area (TPSA) is 52.6 Å². The van der Waals surface area contributed by atoms with E-state index in [0.717, 1.165) is 10.8 Å². The van der Waals surface area contributed by atoms with E-state index in [1.54, 1.807) is 0 Å². The Morgan fingerprint density at radius 1 is 0.800 bits per heavy atom. The van der Waals surface area contributed by atoms with Gasteiger partial charge in [0.15, 0.2) is 19.0 Å². The highest BCUT2D eigenvalue weighted by atomic mass is 16.6. The van der Waals surface area contributed by atoms with Crippen LogP contribution in [0.15, 0.2) is 66.7 Å². The molecule has 0 radical (unpaired) electrons. The summed E-state index contributed by atoms with van der Waals surface area (Å²) in [6, 6.07) is 21.3. The normalized spacial score (nSPS) is 14.4. The van der Waals surface area contributed by atoms with Gasteiger partial charge in [-0.3, -0.25) is 4.79 Å². The number of esters is 1. The predicted molar refractivity (Wildman–Crippen MR) is 117 cm³/mol. The predicted octanol–water partition coefficient (Wildman–Crippen LogP) is 5.69. The van der Waals surface area contributed by atoms with Gasteiger partial charge in [0.25, 0.3) is 0 Å². The van der Waals surface area contributed by atoms with Crippen molar-refractivity contribution in [3.8, 4) is 5.75 Å². The molecule has 3 aromatic rings. The molecule has 0 heterocycles. The van der Waals surface area contributed by atoms with Crippen molar-refractivity contribution in [3.63, 3.8) is 0 Å². The van der Waals surface area contributed by atoms with Crippen LogP contribution in [-0.4, -0.2) is 25.0 Å². The number of hydrogen-bond donors (Lipinski definition) is 0. The minimum Gasteiger partial charge on any atom is -0.482 e. The molecular weight excluding hydrogens is 376 g/mol. The maximum atomic E-state index is 12.3. The third-order valence-corrected chi connectivity index (χ3v) is 5.75. The largest absolute Gasteiger partial charge is 0.482 e. The second-order valence-electron chi connectivity index (χ2n) is 7.84. The van der Waals surface area contributed by atoms with E-state index in [1.165, 1.54) is 37.7 Å². The van der Waals surface area contributed by atoms with Crippen LogP contribution in [0.4, 0.5) is 0 Å². The van der Waals surface area contributed by atoms with E-state index in [0.29, 0.717) is 17.2 Å². The van der Waals surface area contributed by atoms with Gasteiger partial charge in [-0.1, -0.05) is 73.9 Å². The lowest BCUT2D eigenvalue weighted by Gasteiger charge is -2.22. The molecular formula is C26H26O4. The summed E-state index contributed by atoms with van der Waals surface area (Å²) in [5.41, 5.74) is 1.87. The molecule has 30 heavy (non-hydrogen) atoms. The van der Waals surface area contributed by atoms with Crippen LogP contribution in [0.25, 0.3) is 10.8 Å². The number of ether oxygens (including phenoxy) is 2. The van der Waals surface area contributed by atoms with Gasteiger partial charge in [-0.15, -0.1) is 0 Å². The van der Waals surface area contributed by atoms with E-state index in [4.69, 9.17) is 9.47 Å². The van der Waals surface area contributed by atoms with Gasteiger partial charge in [0.1, 0.15) is 5.75 Å². The third-order valence-electron chi connectivity index (χ3n) is 5.75. The summed E-state index contributed by atoms with van der Waals surface area (Å²) in [4.78, 5) is 24.3. The number of hydrogen-bond acceptors (Lipinski definition) is 4. The van der Waals surface area contributed by atoms with Gasteiger partial charge in [-0.25, -0.2) is 4.79 Å². The van der Waals surface area contributed by atoms with Crippen LogP contribution in [0, 0.1) is 0 Å². The Bertz CT molecular complexity index is 1020. The van der Waals surface area contributed by atoms with Gasteiger partial charge >= 0.3 is 5.97 Å². The average molecular weight is 402 g/mol. The molecule has 0 unspecified atom stereocenters. The van der Waals surface area contributed by atoms with Crippen LogP contribution in [0.1, 0.15) is 53.9 Å². The summed E-state index contributed by atoms with van der Waals surface area (Å²) >= 11 is 0. The molecule has 0 atom stereocenters. The summed E-state index contributed by atoms with van der Waals surface area (Å²) in [5, 5.41) is 2.14. The summed E-state index contributed by atoms with van der Waals surface area (Å²) in [7, 11) is 0. The number of ketones is 1. The maximum Gasteiger partial charge on any atom is 0.344 e. The summed E-state index contributed by atoms with van der Waals surface area (Å²) < 4.78 is 10.6. The summed E-state index contributed by atoms with van der Waals surface area (Å²) in [5.74, 6) is 0.433. The third kappa shape index (κ3) is 5.07. The van der Waals surface area contributed by atoms with Gasteiger partial charge in [0.05, 0.1) is 0 Å². The zero-order valence-corrected chi connectivity index (χ0v) is 17.0. The van der Waals surface area contributed by atoms with Gasteiger partial charge in [-0.05, 0) is 47.2 Å². The first kappa shape index (κ1) is 20.1. The van der Waals surface area contributed by atoms with Crippen molar-refractivity contribution in [1.29, 1.82) is 0 Å². The molecule has 1 aliphatic carbocycles. The first-order valence-corrected chi connectivity index (χ1v) is 10.6. The second kappa shape index (κ2) is 9.57. The number of Topliss-reactive ketones (excluding diaryl/α,β-unsaturated/α-hetero) is 1. The fourth-order valence-electron chi connectivity index (χ4n) is 4.05. The molecule has 0 amide bonds. The molecule has 1 aliphatic rings. The average Bonchev–Trinajstić information content (AvgIpc) is 2.81. The molecule has 154 valence electrons. The van der Waals surface area contributed by atoms with Crippen molar-refractivity contribution in [1.82, 2.24) is 0 Å². The molecule has 3 aromatic carbocycles. The fourth-order valence-corrected chi connectivity index (χ4v) is 4.05. The van der Waals surface area contributed by atoms with Crippen LogP contribution in [-0.2, 0) is 9.53 Å². The maximum absolute atomic E-state index is 12.3.